The van der Waals surface area contributed by atoms with Crippen LogP contribution in [0.5, 0.6) is 17.2 Å². The van der Waals surface area contributed by atoms with Crippen molar-refractivity contribution in [3.63, 3.8) is 0 Å². The monoisotopic (exact) mass is 409 g/mol. The van der Waals surface area contributed by atoms with Crippen molar-refractivity contribution in [3.05, 3.63) is 58.8 Å². The number of anilines is 1. The smallest absolute Gasteiger partial charge is 0.336 e. The Balaban J connectivity index is 1.87. The number of carbonyl (C=O) groups excluding carboxylic acids is 2. The summed E-state index contributed by atoms with van der Waals surface area (Å²) in [7, 11) is 4.61. The standard InChI is InChI=1S/C23H23NO6/c1-13-6-5-7-14(8-13)24-17-12-30-23(26)22(17)16(10-21(24)25)15-9-19(28-3)20(29-4)11-18(15)27-2/h5-9,11,16H,10,12H2,1-4H3. The molecule has 0 fully saturated rings. The third-order valence-electron chi connectivity index (χ3n) is 5.49. The highest BCUT2D eigenvalue weighted by atomic mass is 16.5. The summed E-state index contributed by atoms with van der Waals surface area (Å²) in [6.07, 6.45) is 0.105. The highest BCUT2D eigenvalue weighted by Gasteiger charge is 2.44. The maximum Gasteiger partial charge on any atom is 0.336 e. The summed E-state index contributed by atoms with van der Waals surface area (Å²) < 4.78 is 21.7. The molecule has 0 spiro atoms. The molecule has 1 amide bonds. The predicted octanol–water partition coefficient (Wildman–Crippen LogP) is 3.35. The van der Waals surface area contributed by atoms with E-state index < -0.39 is 11.9 Å². The van der Waals surface area contributed by atoms with Crippen LogP contribution in [0.25, 0.3) is 0 Å². The van der Waals surface area contributed by atoms with Crippen LogP contribution in [0.4, 0.5) is 5.69 Å². The number of nitrogens with zero attached hydrogens (tertiary/aromatic N) is 1. The zero-order valence-corrected chi connectivity index (χ0v) is 17.4. The van der Waals surface area contributed by atoms with Crippen LogP contribution in [-0.2, 0) is 14.3 Å². The van der Waals surface area contributed by atoms with Gasteiger partial charge in [-0.25, -0.2) is 4.79 Å². The molecule has 2 heterocycles. The van der Waals surface area contributed by atoms with Gasteiger partial charge in [-0.2, -0.15) is 0 Å². The molecule has 4 rings (SSSR count). The van der Waals surface area contributed by atoms with E-state index in [-0.39, 0.29) is 18.9 Å². The zero-order chi connectivity index (χ0) is 21.4. The Hall–Kier alpha value is -3.48. The van der Waals surface area contributed by atoms with Crippen molar-refractivity contribution in [1.82, 2.24) is 0 Å². The third-order valence-corrected chi connectivity index (χ3v) is 5.49. The Morgan fingerprint density at radius 3 is 2.33 bits per heavy atom. The molecule has 2 aliphatic heterocycles. The van der Waals surface area contributed by atoms with Gasteiger partial charge in [0.05, 0.1) is 32.6 Å². The van der Waals surface area contributed by atoms with E-state index in [0.717, 1.165) is 11.3 Å². The lowest BCUT2D eigenvalue weighted by Crippen LogP contribution is -2.37. The van der Waals surface area contributed by atoms with Gasteiger partial charge in [-0.05, 0) is 30.7 Å². The SMILES string of the molecule is COc1cc(OC)c(C2CC(=O)N(c3cccc(C)c3)C3=C2C(=O)OC3)cc1OC. The molecule has 1 unspecified atom stereocenters. The molecule has 0 saturated carbocycles. The first kappa shape index (κ1) is 19.8. The number of cyclic esters (lactones) is 1. The van der Waals surface area contributed by atoms with Gasteiger partial charge in [0.25, 0.3) is 0 Å². The first-order valence-corrected chi connectivity index (χ1v) is 9.58. The summed E-state index contributed by atoms with van der Waals surface area (Å²) in [4.78, 5) is 27.5. The number of methoxy groups -OCH3 is 3. The molecule has 7 heteroatoms. The van der Waals surface area contributed by atoms with E-state index in [0.29, 0.717) is 34.1 Å². The number of amides is 1. The van der Waals surface area contributed by atoms with E-state index in [2.05, 4.69) is 0 Å². The molecule has 0 radical (unpaired) electrons. The van der Waals surface area contributed by atoms with Crippen LogP contribution < -0.4 is 19.1 Å². The van der Waals surface area contributed by atoms with Crippen LogP contribution in [0.15, 0.2) is 47.7 Å². The van der Waals surface area contributed by atoms with Gasteiger partial charge in [0.1, 0.15) is 12.4 Å². The van der Waals surface area contributed by atoms with Crippen molar-refractivity contribution >= 4 is 17.6 Å². The number of hydrogen-bond donors (Lipinski definition) is 0. The fourth-order valence-electron chi connectivity index (χ4n) is 4.11. The largest absolute Gasteiger partial charge is 0.496 e. The normalized spacial score (nSPS) is 18.3. The summed E-state index contributed by atoms with van der Waals surface area (Å²) >= 11 is 0. The van der Waals surface area contributed by atoms with Gasteiger partial charge in [0.2, 0.25) is 5.91 Å². The van der Waals surface area contributed by atoms with Crippen LogP contribution in [0.2, 0.25) is 0 Å². The van der Waals surface area contributed by atoms with Gasteiger partial charge in [0, 0.05) is 29.7 Å². The van der Waals surface area contributed by atoms with Crippen LogP contribution in [0, 0.1) is 6.92 Å². The maximum atomic E-state index is 13.2. The molecule has 2 aromatic rings. The second-order valence-electron chi connectivity index (χ2n) is 7.21. The fraction of sp³-hybridized carbons (Fsp3) is 0.304. The molecule has 30 heavy (non-hydrogen) atoms. The van der Waals surface area contributed by atoms with E-state index in [1.807, 2.05) is 31.2 Å². The van der Waals surface area contributed by atoms with Gasteiger partial charge in [-0.15, -0.1) is 0 Å². The topological polar surface area (TPSA) is 74.3 Å². The van der Waals surface area contributed by atoms with Gasteiger partial charge in [-0.3, -0.25) is 9.69 Å². The molecule has 0 saturated heterocycles. The van der Waals surface area contributed by atoms with Crippen LogP contribution in [-0.4, -0.2) is 39.8 Å². The average Bonchev–Trinajstić information content (AvgIpc) is 3.13. The minimum Gasteiger partial charge on any atom is -0.496 e. The summed E-state index contributed by atoms with van der Waals surface area (Å²) in [5.41, 5.74) is 3.48. The highest BCUT2D eigenvalue weighted by molar-refractivity contribution is 6.06. The molecule has 0 aliphatic carbocycles. The number of ether oxygens (including phenoxy) is 4. The second-order valence-corrected chi connectivity index (χ2v) is 7.21. The van der Waals surface area contributed by atoms with Gasteiger partial charge in [0.15, 0.2) is 11.5 Å². The van der Waals surface area contributed by atoms with E-state index in [4.69, 9.17) is 18.9 Å². The molecule has 0 bridgehead atoms. The second kappa shape index (κ2) is 7.74. The lowest BCUT2D eigenvalue weighted by molar-refractivity contribution is -0.136. The van der Waals surface area contributed by atoms with Crippen molar-refractivity contribution in [3.8, 4) is 17.2 Å². The highest BCUT2D eigenvalue weighted by Crippen LogP contribution is 2.47. The predicted molar refractivity (Wildman–Crippen MR) is 110 cm³/mol. The van der Waals surface area contributed by atoms with Gasteiger partial charge < -0.3 is 18.9 Å². The molecular formula is C23H23NO6. The van der Waals surface area contributed by atoms with Crippen LogP contribution >= 0.6 is 0 Å². The Bertz CT molecular complexity index is 1060. The minimum absolute atomic E-state index is 0.0555. The van der Waals surface area contributed by atoms with E-state index in [1.54, 1.807) is 17.0 Å². The number of esters is 1. The summed E-state index contributed by atoms with van der Waals surface area (Å²) in [6, 6.07) is 11.1. The number of hydrogen-bond acceptors (Lipinski definition) is 6. The fourth-order valence-corrected chi connectivity index (χ4v) is 4.11. The molecule has 0 aromatic heterocycles. The molecular weight excluding hydrogens is 386 g/mol. The Morgan fingerprint density at radius 1 is 0.967 bits per heavy atom. The number of rotatable bonds is 5. The van der Waals surface area contributed by atoms with Crippen molar-refractivity contribution < 1.29 is 28.5 Å². The van der Waals surface area contributed by atoms with Crippen molar-refractivity contribution in [1.29, 1.82) is 0 Å². The molecule has 7 nitrogen and oxygen atoms in total. The van der Waals surface area contributed by atoms with Gasteiger partial charge in [-0.1, -0.05) is 12.1 Å². The van der Waals surface area contributed by atoms with Crippen LogP contribution in [0.1, 0.15) is 23.5 Å². The lowest BCUT2D eigenvalue weighted by Gasteiger charge is -2.32. The Labute approximate surface area is 174 Å². The Kier molecular flexibility index (Phi) is 5.11. The van der Waals surface area contributed by atoms with Crippen molar-refractivity contribution in [2.45, 2.75) is 19.3 Å². The molecule has 156 valence electrons. The van der Waals surface area contributed by atoms with Crippen LogP contribution in [0.3, 0.4) is 0 Å². The minimum atomic E-state index is -0.502. The summed E-state index contributed by atoms with van der Waals surface area (Å²) in [6.45, 7) is 2.01. The lowest BCUT2D eigenvalue weighted by atomic mass is 9.83. The number of benzene rings is 2. The average molecular weight is 409 g/mol. The first-order valence-electron chi connectivity index (χ1n) is 9.58. The number of carbonyl (C=O) groups is 2. The maximum absolute atomic E-state index is 13.2. The Morgan fingerprint density at radius 2 is 1.67 bits per heavy atom. The van der Waals surface area contributed by atoms with Crippen molar-refractivity contribution in [2.24, 2.45) is 0 Å². The third kappa shape index (κ3) is 3.16. The van der Waals surface area contributed by atoms with E-state index >= 15 is 0 Å². The quantitative estimate of drug-likeness (QED) is 0.705. The van der Waals surface area contributed by atoms with Crippen molar-refractivity contribution in [2.75, 3.05) is 32.8 Å². The summed E-state index contributed by atoms with van der Waals surface area (Å²) in [5.74, 6) is 0.482. The molecule has 2 aliphatic rings. The number of aryl methyl sites for hydroxylation is 1. The first-order chi connectivity index (χ1) is 14.5. The zero-order valence-electron chi connectivity index (χ0n) is 17.4. The van der Waals surface area contributed by atoms with Gasteiger partial charge >= 0.3 is 5.97 Å². The summed E-state index contributed by atoms with van der Waals surface area (Å²) in [5, 5.41) is 0. The van der Waals surface area contributed by atoms with E-state index in [9.17, 15) is 9.59 Å². The molecule has 2 aromatic carbocycles. The van der Waals surface area contributed by atoms with E-state index in [1.165, 1.54) is 21.3 Å². The molecule has 0 N–H and O–H groups in total. The molecule has 1 atom stereocenters.